The molecule has 0 aliphatic rings. The van der Waals surface area contributed by atoms with Crippen LogP contribution in [0.5, 0.6) is 11.5 Å². The van der Waals surface area contributed by atoms with E-state index in [-0.39, 0.29) is 18.0 Å². The summed E-state index contributed by atoms with van der Waals surface area (Å²) in [5.74, 6) is -0.721. The number of amides is 1. The Hall–Kier alpha value is -4.16. The Kier molecular flexibility index (Phi) is 8.59. The SMILES string of the molecule is COC(=O)c1ccc(NC(=O)/C(C#N)=C/c2cc(OC)c(OCc3cccc(F)c3)cc2Br)cc1. The van der Waals surface area contributed by atoms with Crippen LogP contribution in [-0.2, 0) is 16.1 Å². The second kappa shape index (κ2) is 11.8. The van der Waals surface area contributed by atoms with Crippen LogP contribution in [0.4, 0.5) is 10.1 Å². The van der Waals surface area contributed by atoms with Crippen LogP contribution in [0, 0.1) is 17.1 Å². The zero-order valence-corrected chi connectivity index (χ0v) is 20.4. The van der Waals surface area contributed by atoms with Crippen molar-refractivity contribution in [2.75, 3.05) is 19.5 Å². The first-order valence-corrected chi connectivity index (χ1v) is 11.0. The molecule has 7 nitrogen and oxygen atoms in total. The minimum Gasteiger partial charge on any atom is -0.493 e. The Labute approximate surface area is 209 Å². The number of halogens is 2. The lowest BCUT2D eigenvalue weighted by molar-refractivity contribution is -0.112. The number of ether oxygens (including phenoxy) is 3. The molecule has 35 heavy (non-hydrogen) atoms. The summed E-state index contributed by atoms with van der Waals surface area (Å²) in [4.78, 5) is 24.2. The Bertz CT molecular complexity index is 1320. The van der Waals surface area contributed by atoms with E-state index < -0.39 is 11.9 Å². The average Bonchev–Trinajstić information content (AvgIpc) is 2.86. The van der Waals surface area contributed by atoms with Crippen LogP contribution < -0.4 is 14.8 Å². The van der Waals surface area contributed by atoms with E-state index >= 15 is 0 Å². The van der Waals surface area contributed by atoms with Gasteiger partial charge in [0.1, 0.15) is 24.1 Å². The summed E-state index contributed by atoms with van der Waals surface area (Å²) in [5, 5.41) is 12.2. The van der Waals surface area contributed by atoms with Crippen molar-refractivity contribution in [2.45, 2.75) is 6.61 Å². The second-order valence-corrected chi connectivity index (χ2v) is 7.99. The van der Waals surface area contributed by atoms with Gasteiger partial charge in [0.2, 0.25) is 0 Å². The molecule has 0 saturated heterocycles. The number of hydrogen-bond donors (Lipinski definition) is 1. The molecule has 0 saturated carbocycles. The van der Waals surface area contributed by atoms with Gasteiger partial charge in [-0.15, -0.1) is 0 Å². The van der Waals surface area contributed by atoms with E-state index in [1.165, 1.54) is 56.7 Å². The van der Waals surface area contributed by atoms with Gasteiger partial charge >= 0.3 is 5.97 Å². The Morgan fingerprint density at radius 3 is 2.46 bits per heavy atom. The van der Waals surface area contributed by atoms with E-state index in [4.69, 9.17) is 9.47 Å². The summed E-state index contributed by atoms with van der Waals surface area (Å²) in [7, 11) is 2.74. The van der Waals surface area contributed by atoms with Crippen molar-refractivity contribution in [1.29, 1.82) is 5.26 Å². The first-order chi connectivity index (χ1) is 16.8. The summed E-state index contributed by atoms with van der Waals surface area (Å²) in [5.41, 5.74) is 1.74. The minimum atomic E-state index is -0.629. The van der Waals surface area contributed by atoms with E-state index in [1.54, 1.807) is 24.3 Å². The molecule has 0 radical (unpaired) electrons. The van der Waals surface area contributed by atoms with Crippen molar-refractivity contribution < 1.29 is 28.2 Å². The summed E-state index contributed by atoms with van der Waals surface area (Å²) in [6, 6.07) is 17.3. The topological polar surface area (TPSA) is 97.7 Å². The fraction of sp³-hybridized carbons (Fsp3) is 0.115. The molecule has 0 aliphatic carbocycles. The van der Waals surface area contributed by atoms with Crippen molar-refractivity contribution in [3.8, 4) is 17.6 Å². The molecule has 1 N–H and O–H groups in total. The largest absolute Gasteiger partial charge is 0.493 e. The fourth-order valence-corrected chi connectivity index (χ4v) is 3.47. The maximum atomic E-state index is 13.4. The number of nitriles is 1. The number of anilines is 1. The van der Waals surface area contributed by atoms with Crippen LogP contribution in [0.25, 0.3) is 6.08 Å². The quantitative estimate of drug-likeness (QED) is 0.231. The first-order valence-electron chi connectivity index (χ1n) is 10.2. The molecule has 0 aliphatic heterocycles. The van der Waals surface area contributed by atoms with Crippen LogP contribution >= 0.6 is 15.9 Å². The van der Waals surface area contributed by atoms with Gasteiger partial charge in [0.15, 0.2) is 11.5 Å². The molecule has 178 valence electrons. The molecule has 1 amide bonds. The normalized spacial score (nSPS) is 10.8. The lowest BCUT2D eigenvalue weighted by Crippen LogP contribution is -2.13. The average molecular weight is 539 g/mol. The van der Waals surface area contributed by atoms with Crippen LogP contribution in [0.2, 0.25) is 0 Å². The number of carbonyl (C=O) groups excluding carboxylic acids is 2. The summed E-state index contributed by atoms with van der Waals surface area (Å²) >= 11 is 3.43. The minimum absolute atomic E-state index is 0.121. The van der Waals surface area contributed by atoms with Crippen LogP contribution in [0.15, 0.2) is 70.7 Å². The number of methoxy groups -OCH3 is 2. The number of rotatable bonds is 8. The van der Waals surface area contributed by atoms with E-state index in [9.17, 15) is 19.2 Å². The summed E-state index contributed by atoms with van der Waals surface area (Å²) in [6.45, 7) is 0.121. The van der Waals surface area contributed by atoms with Gasteiger partial charge in [-0.25, -0.2) is 9.18 Å². The Balaban J connectivity index is 1.78. The van der Waals surface area contributed by atoms with Crippen LogP contribution in [0.3, 0.4) is 0 Å². The molecule has 0 spiro atoms. The van der Waals surface area contributed by atoms with Gasteiger partial charge in [-0.1, -0.05) is 28.1 Å². The van der Waals surface area contributed by atoms with Gasteiger partial charge in [-0.3, -0.25) is 4.79 Å². The van der Waals surface area contributed by atoms with Crippen molar-refractivity contribution >= 4 is 39.6 Å². The molecule has 3 aromatic carbocycles. The first kappa shape index (κ1) is 25.5. The summed E-state index contributed by atoms with van der Waals surface area (Å²) < 4.78 is 29.8. The van der Waals surface area contributed by atoms with Gasteiger partial charge in [0, 0.05) is 10.2 Å². The molecule has 0 heterocycles. The lowest BCUT2D eigenvalue weighted by atomic mass is 10.1. The second-order valence-electron chi connectivity index (χ2n) is 7.14. The number of carbonyl (C=O) groups is 2. The van der Waals surface area contributed by atoms with Crippen molar-refractivity contribution in [2.24, 2.45) is 0 Å². The maximum Gasteiger partial charge on any atom is 0.337 e. The molecule has 0 atom stereocenters. The van der Waals surface area contributed by atoms with E-state index in [1.807, 2.05) is 6.07 Å². The number of benzene rings is 3. The number of hydrogen-bond acceptors (Lipinski definition) is 6. The zero-order valence-electron chi connectivity index (χ0n) is 18.8. The highest BCUT2D eigenvalue weighted by molar-refractivity contribution is 9.10. The molecular formula is C26H20BrFN2O5. The van der Waals surface area contributed by atoms with E-state index in [0.29, 0.717) is 38.3 Å². The van der Waals surface area contributed by atoms with E-state index in [0.717, 1.165) is 0 Å². The third-order valence-corrected chi connectivity index (χ3v) is 5.48. The molecule has 0 aromatic heterocycles. The highest BCUT2D eigenvalue weighted by atomic mass is 79.9. The van der Waals surface area contributed by atoms with Gasteiger partial charge in [-0.05, 0) is 65.7 Å². The van der Waals surface area contributed by atoms with Gasteiger partial charge in [0.25, 0.3) is 5.91 Å². The fourth-order valence-electron chi connectivity index (χ4n) is 3.03. The monoisotopic (exact) mass is 538 g/mol. The Morgan fingerprint density at radius 1 is 1.09 bits per heavy atom. The van der Waals surface area contributed by atoms with E-state index in [2.05, 4.69) is 26.0 Å². The highest BCUT2D eigenvalue weighted by Crippen LogP contribution is 2.35. The Morgan fingerprint density at radius 2 is 1.83 bits per heavy atom. The molecule has 3 aromatic rings. The lowest BCUT2D eigenvalue weighted by Gasteiger charge is -2.13. The van der Waals surface area contributed by atoms with Crippen molar-refractivity contribution in [3.63, 3.8) is 0 Å². The number of esters is 1. The van der Waals surface area contributed by atoms with Crippen LogP contribution in [-0.4, -0.2) is 26.1 Å². The third kappa shape index (κ3) is 6.68. The third-order valence-electron chi connectivity index (χ3n) is 4.80. The zero-order chi connectivity index (χ0) is 25.4. The molecule has 0 bridgehead atoms. The van der Waals surface area contributed by atoms with Crippen molar-refractivity contribution in [3.05, 3.63) is 93.2 Å². The number of nitrogens with zero attached hydrogens (tertiary/aromatic N) is 1. The van der Waals surface area contributed by atoms with Gasteiger partial charge < -0.3 is 19.5 Å². The molecule has 3 rings (SSSR count). The smallest absolute Gasteiger partial charge is 0.337 e. The summed E-state index contributed by atoms with van der Waals surface area (Å²) in [6.07, 6.45) is 1.40. The standard InChI is InChI=1S/C26H20BrFN2O5/c1-33-23-12-18(22(27)13-24(23)35-15-16-4-3-5-20(28)10-16)11-19(14-29)25(31)30-21-8-6-17(7-9-21)26(32)34-2/h3-13H,15H2,1-2H3,(H,30,31)/b19-11+. The van der Waals surface area contributed by atoms with Gasteiger partial charge in [0.05, 0.1) is 19.8 Å². The predicted octanol–water partition coefficient (Wildman–Crippen LogP) is 5.51. The van der Waals surface area contributed by atoms with Crippen LogP contribution in [0.1, 0.15) is 21.5 Å². The molecular weight excluding hydrogens is 519 g/mol. The molecule has 9 heteroatoms. The highest BCUT2D eigenvalue weighted by Gasteiger charge is 2.15. The molecule has 0 fully saturated rings. The number of nitrogens with one attached hydrogen (secondary N) is 1. The molecule has 0 unspecified atom stereocenters. The predicted molar refractivity (Wildman–Crippen MR) is 131 cm³/mol. The maximum absolute atomic E-state index is 13.4. The van der Waals surface area contributed by atoms with Gasteiger partial charge in [-0.2, -0.15) is 5.26 Å². The van der Waals surface area contributed by atoms with Crippen molar-refractivity contribution in [1.82, 2.24) is 0 Å².